The Morgan fingerprint density at radius 3 is 2.59 bits per heavy atom. The Bertz CT molecular complexity index is 589. The monoisotopic (exact) mass is 308 g/mol. The van der Waals surface area contributed by atoms with Gasteiger partial charge in [-0.3, -0.25) is 14.4 Å². The van der Waals surface area contributed by atoms with Crippen LogP contribution in [-0.4, -0.2) is 49.4 Å². The highest BCUT2D eigenvalue weighted by atomic mass is 19.1. The molecule has 1 N–H and O–H groups in total. The van der Waals surface area contributed by atoms with Crippen LogP contribution in [0.15, 0.2) is 18.2 Å². The van der Waals surface area contributed by atoms with Gasteiger partial charge in [0, 0.05) is 20.5 Å². The number of hydrogen-bond donors (Lipinski definition) is 1. The number of aldehydes is 2. The lowest BCUT2D eigenvalue weighted by molar-refractivity contribution is -0.121. The van der Waals surface area contributed by atoms with Gasteiger partial charge in [-0.25, -0.2) is 4.39 Å². The van der Waals surface area contributed by atoms with Crippen molar-refractivity contribution in [1.29, 1.82) is 0 Å². The van der Waals surface area contributed by atoms with Crippen molar-refractivity contribution in [3.05, 3.63) is 35.1 Å². The van der Waals surface area contributed by atoms with Crippen molar-refractivity contribution in [3.63, 3.8) is 0 Å². The van der Waals surface area contributed by atoms with Crippen molar-refractivity contribution in [2.75, 3.05) is 14.1 Å². The second kappa shape index (κ2) is 8.02. The molecule has 0 saturated carbocycles. The third-order valence-corrected chi connectivity index (χ3v) is 3.32. The van der Waals surface area contributed by atoms with Gasteiger partial charge in [-0.05, 0) is 18.6 Å². The molecule has 22 heavy (non-hydrogen) atoms. The minimum atomic E-state index is -0.840. The van der Waals surface area contributed by atoms with E-state index in [1.807, 2.05) is 0 Å². The Hall–Kier alpha value is -2.57. The van der Waals surface area contributed by atoms with Gasteiger partial charge in [0.25, 0.3) is 5.91 Å². The third kappa shape index (κ3) is 3.97. The van der Waals surface area contributed by atoms with E-state index >= 15 is 0 Å². The molecule has 7 heteroatoms. The second-order valence-electron chi connectivity index (χ2n) is 4.65. The fourth-order valence-corrected chi connectivity index (χ4v) is 1.94. The maximum atomic E-state index is 13.5. The molecule has 0 spiro atoms. The van der Waals surface area contributed by atoms with E-state index in [2.05, 4.69) is 5.32 Å². The summed E-state index contributed by atoms with van der Waals surface area (Å²) in [4.78, 5) is 46.7. The number of nitrogens with zero attached hydrogens (tertiary/aromatic N) is 1. The molecule has 0 fully saturated rings. The summed E-state index contributed by atoms with van der Waals surface area (Å²) in [6.07, 6.45) is 1.01. The van der Waals surface area contributed by atoms with Crippen LogP contribution < -0.4 is 5.32 Å². The van der Waals surface area contributed by atoms with Gasteiger partial charge in [0.2, 0.25) is 5.91 Å². The fraction of sp³-hybridized carbons (Fsp3) is 0.333. The predicted octanol–water partition coefficient (Wildman–Crippen LogP) is 0.804. The molecule has 0 aliphatic heterocycles. The number of amides is 2. The molecule has 1 aromatic rings. The van der Waals surface area contributed by atoms with E-state index in [1.165, 1.54) is 26.2 Å². The molecule has 6 nitrogen and oxygen atoms in total. The highest BCUT2D eigenvalue weighted by molar-refractivity contribution is 6.02. The maximum absolute atomic E-state index is 13.5. The van der Waals surface area contributed by atoms with Crippen LogP contribution in [-0.2, 0) is 9.59 Å². The number of hydrogen-bond acceptors (Lipinski definition) is 4. The SMILES string of the molecule is CNC(=O)CCC(C=O)N(C)C(=O)c1cccc(F)c1C=O. The van der Waals surface area contributed by atoms with Crippen molar-refractivity contribution < 1.29 is 23.6 Å². The molecular weight excluding hydrogens is 291 g/mol. The van der Waals surface area contributed by atoms with E-state index in [0.29, 0.717) is 6.29 Å². The molecule has 1 aromatic carbocycles. The maximum Gasteiger partial charge on any atom is 0.255 e. The first-order chi connectivity index (χ1) is 10.5. The molecule has 0 aliphatic carbocycles. The molecule has 118 valence electrons. The number of nitrogens with one attached hydrogen (secondary N) is 1. The van der Waals surface area contributed by atoms with E-state index in [-0.39, 0.29) is 36.2 Å². The molecule has 1 rings (SSSR count). The van der Waals surface area contributed by atoms with Crippen molar-refractivity contribution in [2.45, 2.75) is 18.9 Å². The number of likely N-dealkylation sites (N-methyl/N-ethyl adjacent to an activating group) is 1. The Morgan fingerprint density at radius 2 is 2.05 bits per heavy atom. The summed E-state index contributed by atoms with van der Waals surface area (Å²) < 4.78 is 13.5. The molecule has 0 radical (unpaired) electrons. The lowest BCUT2D eigenvalue weighted by atomic mass is 10.0. The van der Waals surface area contributed by atoms with Gasteiger partial charge >= 0.3 is 0 Å². The zero-order chi connectivity index (χ0) is 16.7. The van der Waals surface area contributed by atoms with Crippen LogP contribution in [0.2, 0.25) is 0 Å². The van der Waals surface area contributed by atoms with Crippen LogP contribution in [0, 0.1) is 5.82 Å². The van der Waals surface area contributed by atoms with Crippen molar-refractivity contribution in [1.82, 2.24) is 10.2 Å². The average molecular weight is 308 g/mol. The molecule has 0 heterocycles. The lowest BCUT2D eigenvalue weighted by Crippen LogP contribution is -2.39. The van der Waals surface area contributed by atoms with Crippen LogP contribution in [0.3, 0.4) is 0 Å². The molecular formula is C15H17FN2O4. The smallest absolute Gasteiger partial charge is 0.255 e. The van der Waals surface area contributed by atoms with Gasteiger partial charge in [-0.2, -0.15) is 0 Å². The fourth-order valence-electron chi connectivity index (χ4n) is 1.94. The van der Waals surface area contributed by atoms with E-state index < -0.39 is 17.8 Å². The first-order valence-electron chi connectivity index (χ1n) is 6.63. The number of benzene rings is 1. The summed E-state index contributed by atoms with van der Waals surface area (Å²) in [5.74, 6) is -1.72. The molecule has 0 aromatic heterocycles. The van der Waals surface area contributed by atoms with Crippen LogP contribution in [0.5, 0.6) is 0 Å². The zero-order valence-electron chi connectivity index (χ0n) is 12.3. The van der Waals surface area contributed by atoms with Crippen molar-refractivity contribution in [3.8, 4) is 0 Å². The zero-order valence-corrected chi connectivity index (χ0v) is 12.3. The van der Waals surface area contributed by atoms with Crippen molar-refractivity contribution >= 4 is 24.4 Å². The van der Waals surface area contributed by atoms with Gasteiger partial charge in [-0.1, -0.05) is 6.07 Å². The normalized spacial score (nSPS) is 11.4. The molecule has 1 unspecified atom stereocenters. The van der Waals surface area contributed by atoms with Crippen LogP contribution in [0.25, 0.3) is 0 Å². The molecule has 2 amide bonds. The number of carbonyl (C=O) groups excluding carboxylic acids is 4. The Kier molecular flexibility index (Phi) is 6.37. The third-order valence-electron chi connectivity index (χ3n) is 3.32. The number of carbonyl (C=O) groups is 4. The van der Waals surface area contributed by atoms with E-state index in [0.717, 1.165) is 11.0 Å². The summed E-state index contributed by atoms with van der Waals surface area (Å²) in [5.41, 5.74) is -0.473. The minimum absolute atomic E-state index is 0.0706. The highest BCUT2D eigenvalue weighted by Crippen LogP contribution is 2.15. The highest BCUT2D eigenvalue weighted by Gasteiger charge is 2.24. The van der Waals surface area contributed by atoms with E-state index in [9.17, 15) is 23.6 Å². The largest absolute Gasteiger partial charge is 0.359 e. The lowest BCUT2D eigenvalue weighted by Gasteiger charge is -2.24. The Labute approximate surface area is 127 Å². The summed E-state index contributed by atoms with van der Waals surface area (Å²) in [7, 11) is 2.83. The van der Waals surface area contributed by atoms with Gasteiger partial charge in [0.05, 0.1) is 17.2 Å². The van der Waals surface area contributed by atoms with E-state index in [4.69, 9.17) is 0 Å². The Morgan fingerprint density at radius 1 is 1.36 bits per heavy atom. The summed E-state index contributed by atoms with van der Waals surface area (Å²) in [5, 5.41) is 2.42. The van der Waals surface area contributed by atoms with Gasteiger partial charge < -0.3 is 15.0 Å². The van der Waals surface area contributed by atoms with Crippen LogP contribution >= 0.6 is 0 Å². The summed E-state index contributed by atoms with van der Waals surface area (Å²) in [6, 6.07) is 2.85. The number of rotatable bonds is 7. The standard InChI is InChI=1S/C15H17FN2O4/c1-17-14(21)7-6-10(8-19)18(2)15(22)11-4-3-5-13(16)12(11)9-20/h3-5,8-10H,6-7H2,1-2H3,(H,17,21). The van der Waals surface area contributed by atoms with Crippen molar-refractivity contribution in [2.24, 2.45) is 0 Å². The number of halogens is 1. The predicted molar refractivity (Wildman–Crippen MR) is 77.0 cm³/mol. The summed E-state index contributed by atoms with van der Waals surface area (Å²) >= 11 is 0. The first-order valence-corrected chi connectivity index (χ1v) is 6.63. The first kappa shape index (κ1) is 17.5. The van der Waals surface area contributed by atoms with E-state index in [1.54, 1.807) is 0 Å². The summed E-state index contributed by atoms with van der Waals surface area (Å²) in [6.45, 7) is 0. The van der Waals surface area contributed by atoms with Crippen LogP contribution in [0.4, 0.5) is 4.39 Å². The average Bonchev–Trinajstić information content (AvgIpc) is 2.53. The quantitative estimate of drug-likeness (QED) is 0.755. The molecule has 0 aliphatic rings. The molecule has 0 bridgehead atoms. The second-order valence-corrected chi connectivity index (χ2v) is 4.65. The topological polar surface area (TPSA) is 83.6 Å². The Balaban J connectivity index is 2.95. The molecule has 1 atom stereocenters. The molecule has 0 saturated heterocycles. The van der Waals surface area contributed by atoms with Crippen LogP contribution in [0.1, 0.15) is 33.6 Å². The van der Waals surface area contributed by atoms with Gasteiger partial charge in [0.15, 0.2) is 6.29 Å². The van der Waals surface area contributed by atoms with Gasteiger partial charge in [0.1, 0.15) is 12.1 Å². The van der Waals surface area contributed by atoms with Gasteiger partial charge in [-0.15, -0.1) is 0 Å². The minimum Gasteiger partial charge on any atom is -0.359 e.